The number of carbonyl (C=O) groups is 7. The lowest BCUT2D eigenvalue weighted by Gasteiger charge is -2.28. The van der Waals surface area contributed by atoms with E-state index in [0.717, 1.165) is 47.1 Å². The maximum absolute atomic E-state index is 13.0. The number of nitrogen functional groups attached to an aromatic ring is 3. The molecule has 0 saturated carbocycles. The minimum atomic E-state index is -2.87. The van der Waals surface area contributed by atoms with Crippen LogP contribution in [0, 0.1) is 0 Å². The number of imidazole rings is 1. The molecule has 36 nitrogen and oxygen atoms in total. The van der Waals surface area contributed by atoms with Crippen molar-refractivity contribution in [1.82, 2.24) is 49.3 Å². The fourth-order valence-electron chi connectivity index (χ4n) is 11.2. The largest absolute Gasteiger partial charge is 0.492 e. The number of nitrogens with zero attached hydrogens (tertiary/aromatic N) is 12. The average molecular weight is 2260 g/mol. The van der Waals surface area contributed by atoms with Crippen LogP contribution >= 0.6 is 106 Å². The molecule has 11 rings (SSSR count). The standard InChI is InChI=1S/C24H29ClF2N4O6.C21H21ClF2N4O3.C17H24BrClN2O5.C14H13ClF2N4O2.C7H8BrClN2O.C7H9BrN2O/c1-8-35-17-15(30-20(32)14-11-9-10-13(29-14)18(26)27)12-28-19(16(17)25)31(21(33)36-23(2,3)4)22(34)37-24(5,6)7;1-2-31-18-16(27-21(29)14-5-3-4-13(25-14)19(23)24)11-28-10-15(26-20(28)17(18)22)12-6-8-30-9-7-12;1-8-24-12-10(18)9-20-13(11(12)19)21(14(22)25-16(2,3)4)15(23)26-17(5,6)7;1-2-23-11-9(6-19-13(18)10(11)15)21-14(22)8-5-3-4-7(20-8)12(16)17;1-2-12-6-4(8)3-11-7(10)5(6)9;1-2-11-6-3-7(9)10-4-5(6)8/h9-12,18H,8H2,1-7H3,(H,30,32);3-5,10-12,19H,2,6-9H2,1H3,(H,27,29);9H,8H2,1-7H3;3-6,12H,2H2,1H3,(H2,18,19)(H,21,22);3H,2H2,1H3,(H2,10,11);3-4H,2H2,1H3,(H2,9,10). The molecule has 0 unspecified atom stereocenters. The SMILES string of the molecule is CCOc1c(Br)cnc(N(C(=O)OC(C)(C)C)C(=O)OC(C)(C)C)c1Cl.CCOc1c(Br)cnc(N)c1Cl.CCOc1c(NC(=O)c2cccc(C(F)F)n2)cn2cc(C3CCOCC3)nc2c1Cl.CCOc1c(NC(=O)c2cccc(C(F)F)n2)cnc(N(C(=O)OC(C)(C)C)C(=O)OC(C)(C)C)c1Cl.CCOc1c(NC(=O)c2cccc(C(F)F)n2)cnc(N)c1Cl.CCOc1cc(N)ncc1Br. The van der Waals surface area contributed by atoms with Crippen molar-refractivity contribution in [3.05, 3.63) is 182 Å². The summed E-state index contributed by atoms with van der Waals surface area (Å²) in [6, 6.07) is 12.9. The maximum Gasteiger partial charge on any atom is 0.425 e. The number of aromatic nitrogens is 10. The second-order valence-electron chi connectivity index (χ2n) is 32.4. The highest BCUT2D eigenvalue weighted by molar-refractivity contribution is 9.11. The predicted molar refractivity (Wildman–Crippen MR) is 529 cm³/mol. The van der Waals surface area contributed by atoms with Crippen molar-refractivity contribution in [2.24, 2.45) is 0 Å². The molecule has 0 aliphatic carbocycles. The van der Waals surface area contributed by atoms with Gasteiger partial charge in [0.25, 0.3) is 37.0 Å². The normalized spacial score (nSPS) is 11.9. The lowest BCUT2D eigenvalue weighted by Crippen LogP contribution is -2.44. The van der Waals surface area contributed by atoms with E-state index < -0.39 is 101 Å². The molecule has 10 aromatic rings. The number of imide groups is 2. The van der Waals surface area contributed by atoms with E-state index >= 15 is 0 Å². The van der Waals surface area contributed by atoms with Crippen LogP contribution in [0.1, 0.15) is 217 Å². The maximum atomic E-state index is 13.0. The zero-order valence-electron chi connectivity index (χ0n) is 78.9. The zero-order chi connectivity index (χ0) is 105. The predicted octanol–water partition coefficient (Wildman–Crippen LogP) is 24.4. The second kappa shape index (κ2) is 53.9. The molecule has 0 bridgehead atoms. The van der Waals surface area contributed by atoms with Crippen molar-refractivity contribution in [2.45, 2.75) is 185 Å². The third-order valence-electron chi connectivity index (χ3n) is 16.9. The van der Waals surface area contributed by atoms with E-state index in [1.54, 1.807) is 140 Å². The van der Waals surface area contributed by atoms with Crippen LogP contribution in [0.2, 0.25) is 25.1 Å². The molecule has 0 radical (unpaired) electrons. The van der Waals surface area contributed by atoms with Gasteiger partial charge in [0.2, 0.25) is 0 Å². The van der Waals surface area contributed by atoms with E-state index in [1.807, 2.05) is 20.0 Å². The lowest BCUT2D eigenvalue weighted by atomic mass is 9.97. The van der Waals surface area contributed by atoms with Gasteiger partial charge >= 0.3 is 24.4 Å². The Hall–Kier alpha value is -11.6. The van der Waals surface area contributed by atoms with E-state index in [4.69, 9.17) is 127 Å². The molecular weight excluding hydrogens is 2150 g/mol. The molecule has 7 amide bonds. The van der Waals surface area contributed by atoms with E-state index in [2.05, 4.69) is 109 Å². The summed E-state index contributed by atoms with van der Waals surface area (Å²) in [5.41, 5.74) is 12.6. The van der Waals surface area contributed by atoms with Gasteiger partial charge in [-0.3, -0.25) is 14.4 Å². The molecule has 0 atom stereocenters. The lowest BCUT2D eigenvalue weighted by molar-refractivity contribution is 0.0406. The second-order valence-corrected chi connectivity index (χ2v) is 36.8. The molecule has 9 N–H and O–H groups in total. The van der Waals surface area contributed by atoms with Crippen molar-refractivity contribution < 1.29 is 112 Å². The molecule has 1 fully saturated rings. The number of halogens is 14. The summed E-state index contributed by atoms with van der Waals surface area (Å²) in [4.78, 5) is 125. The number of alkyl halides is 6. The fourth-order valence-corrected chi connectivity index (χ4v) is 13.9. The highest BCUT2D eigenvalue weighted by Gasteiger charge is 2.39. The van der Waals surface area contributed by atoms with Gasteiger partial charge in [-0.1, -0.05) is 76.2 Å². The van der Waals surface area contributed by atoms with Gasteiger partial charge in [0, 0.05) is 56.2 Å². The Kier molecular flexibility index (Phi) is 45.1. The Morgan fingerprint density at radius 1 is 0.429 bits per heavy atom. The molecule has 11 heterocycles. The van der Waals surface area contributed by atoms with Gasteiger partial charge in [0.05, 0.1) is 71.1 Å². The Bertz CT molecular complexity index is 5910. The molecule has 140 heavy (non-hydrogen) atoms. The number of amides is 7. The van der Waals surface area contributed by atoms with Gasteiger partial charge in [-0.15, -0.1) is 0 Å². The summed E-state index contributed by atoms with van der Waals surface area (Å²) < 4.78 is 140. The summed E-state index contributed by atoms with van der Waals surface area (Å²) in [6.45, 7) is 34.0. The van der Waals surface area contributed by atoms with Gasteiger partial charge in [-0.2, -0.15) is 9.80 Å². The Balaban J connectivity index is 0.000000268. The molecule has 10 aromatic heterocycles. The van der Waals surface area contributed by atoms with Gasteiger partial charge in [-0.05, 0) is 222 Å². The Morgan fingerprint density at radius 3 is 1.14 bits per heavy atom. The van der Waals surface area contributed by atoms with E-state index in [-0.39, 0.29) is 114 Å². The summed E-state index contributed by atoms with van der Waals surface area (Å²) in [7, 11) is 0. The number of pyridine rings is 9. The first kappa shape index (κ1) is 117. The first-order valence-electron chi connectivity index (χ1n) is 42.4. The summed E-state index contributed by atoms with van der Waals surface area (Å²) in [5, 5.41) is 7.93. The summed E-state index contributed by atoms with van der Waals surface area (Å²) in [5.74, 6) is 0.188. The third kappa shape index (κ3) is 35.3. The number of nitrogens with one attached hydrogen (secondary N) is 3. The summed E-state index contributed by atoms with van der Waals surface area (Å²) in [6.07, 6.45) is -0.344. The minimum Gasteiger partial charge on any atom is -0.492 e. The van der Waals surface area contributed by atoms with Crippen LogP contribution in [0.25, 0.3) is 5.65 Å². The van der Waals surface area contributed by atoms with Crippen molar-refractivity contribution in [3.8, 4) is 34.5 Å². The van der Waals surface area contributed by atoms with Crippen LogP contribution in [0.3, 0.4) is 0 Å². The monoisotopic (exact) mass is 2250 g/mol. The number of hydrogen-bond donors (Lipinski definition) is 6. The number of rotatable bonds is 24. The number of ether oxygens (including phenoxy) is 11. The van der Waals surface area contributed by atoms with Gasteiger partial charge in [0.1, 0.15) is 122 Å². The zero-order valence-corrected chi connectivity index (χ0v) is 87.5. The van der Waals surface area contributed by atoms with Crippen molar-refractivity contribution in [2.75, 3.05) is 95.8 Å². The minimum absolute atomic E-state index is 0.0158. The number of carbonyl (C=O) groups excluding carboxylic acids is 7. The Labute approximate surface area is 852 Å². The van der Waals surface area contributed by atoms with E-state index in [9.17, 15) is 59.9 Å². The Morgan fingerprint density at radius 2 is 0.750 bits per heavy atom. The number of hydrogen-bond acceptors (Lipinski definition) is 30. The number of fused-ring (bicyclic) bond motifs is 1. The van der Waals surface area contributed by atoms with E-state index in [1.165, 1.54) is 54.9 Å². The van der Waals surface area contributed by atoms with Crippen molar-refractivity contribution in [3.63, 3.8) is 0 Å². The molecule has 1 aliphatic rings. The highest BCUT2D eigenvalue weighted by Crippen LogP contribution is 2.45. The molecule has 0 spiro atoms. The smallest absolute Gasteiger partial charge is 0.425 e. The molecule has 0 aromatic carbocycles. The molecule has 50 heteroatoms. The third-order valence-corrected chi connectivity index (χ3v) is 20.3. The molecule has 760 valence electrons. The number of anilines is 8. The fraction of sp³-hybridized carbons (Fsp3) is 0.400. The van der Waals surface area contributed by atoms with Crippen LogP contribution in [0.4, 0.5) is 91.7 Å². The quantitative estimate of drug-likeness (QED) is 0.0242. The van der Waals surface area contributed by atoms with Crippen molar-refractivity contribution >= 4 is 200 Å². The first-order valence-corrected chi connectivity index (χ1v) is 46.6. The summed E-state index contributed by atoms with van der Waals surface area (Å²) >= 11 is 41.1. The van der Waals surface area contributed by atoms with Crippen LogP contribution in [-0.4, -0.2) is 167 Å². The van der Waals surface area contributed by atoms with Gasteiger partial charge < -0.3 is 89.7 Å². The van der Waals surface area contributed by atoms with Crippen LogP contribution in [0.15, 0.2) is 117 Å². The van der Waals surface area contributed by atoms with Crippen LogP contribution in [-0.2, 0) is 23.7 Å². The van der Waals surface area contributed by atoms with Crippen LogP contribution < -0.4 is 71.4 Å². The molecule has 1 aliphatic heterocycles. The van der Waals surface area contributed by atoms with E-state index in [0.29, 0.717) is 86.3 Å². The van der Waals surface area contributed by atoms with Gasteiger partial charge in [-0.25, -0.2) is 90.4 Å². The first-order chi connectivity index (χ1) is 65.6. The van der Waals surface area contributed by atoms with Crippen LogP contribution in [0.5, 0.6) is 34.5 Å². The topological polar surface area (TPSA) is 462 Å². The molecular formula is C90H104Br3Cl5F6N18O18. The average Bonchev–Trinajstić information content (AvgIpc) is 1.69. The van der Waals surface area contributed by atoms with Gasteiger partial charge in [0.15, 0.2) is 46.0 Å². The molecule has 1 saturated heterocycles. The highest BCUT2D eigenvalue weighted by atomic mass is 79.9. The van der Waals surface area contributed by atoms with Crippen molar-refractivity contribution in [1.29, 1.82) is 0 Å². The number of nitrogens with two attached hydrogens (primary N) is 3.